The van der Waals surface area contributed by atoms with E-state index in [9.17, 15) is 4.79 Å². The molecule has 3 aliphatic rings. The highest BCUT2D eigenvalue weighted by molar-refractivity contribution is 5.77. The van der Waals surface area contributed by atoms with E-state index in [2.05, 4.69) is 10.1 Å². The number of hydrogen-bond acceptors (Lipinski definition) is 5. The van der Waals surface area contributed by atoms with Gasteiger partial charge in [0.25, 0.3) is 0 Å². The Hall–Kier alpha value is -1.40. The van der Waals surface area contributed by atoms with Gasteiger partial charge in [0.05, 0.1) is 12.3 Å². The minimum absolute atomic E-state index is 0.163. The molecule has 0 N–H and O–H groups in total. The normalized spacial score (nSPS) is 29.5. The molecule has 1 aliphatic carbocycles. The van der Waals surface area contributed by atoms with Crippen LogP contribution in [0.15, 0.2) is 10.6 Å². The smallest absolute Gasteiger partial charge is 0.248 e. The Labute approximate surface area is 149 Å². The number of amides is 1. The fraction of sp³-hybridized carbons (Fsp3) is 0.789. The number of likely N-dealkylation sites (tertiary alicyclic amines) is 2. The summed E-state index contributed by atoms with van der Waals surface area (Å²) in [5.74, 6) is 1.71. The quantitative estimate of drug-likeness (QED) is 0.790. The highest BCUT2D eigenvalue weighted by Gasteiger charge is 2.49. The van der Waals surface area contributed by atoms with Crippen molar-refractivity contribution in [3.63, 3.8) is 0 Å². The van der Waals surface area contributed by atoms with E-state index in [1.54, 1.807) is 0 Å². The standard InChI is InChI=1S/C19H29N3O3/c1-15-9-17(20-25-15)11-21-10-16-5-4-6-19(16,13-21)14-24-12-18(23)22-7-2-3-8-22/h9,16H,2-8,10-14H2,1H3/t16-,19+/m0/s1. The zero-order valence-electron chi connectivity index (χ0n) is 15.2. The number of rotatable bonds is 6. The SMILES string of the molecule is Cc1cc(CN2C[C@@H]3CCC[C@]3(COCC(=O)N3CCCC3)C2)no1. The van der Waals surface area contributed by atoms with Gasteiger partial charge in [0, 0.05) is 44.2 Å². The Morgan fingerprint density at radius 3 is 3.00 bits per heavy atom. The number of carbonyl (C=O) groups excluding carboxylic acids is 1. The summed E-state index contributed by atoms with van der Waals surface area (Å²) < 4.78 is 11.1. The fourth-order valence-corrected chi connectivity index (χ4v) is 5.00. The summed E-state index contributed by atoms with van der Waals surface area (Å²) in [7, 11) is 0. The van der Waals surface area contributed by atoms with Gasteiger partial charge in [-0.1, -0.05) is 11.6 Å². The lowest BCUT2D eigenvalue weighted by Gasteiger charge is -2.29. The third-order valence-corrected chi connectivity index (χ3v) is 6.25. The average Bonchev–Trinajstić information content (AvgIpc) is 3.32. The van der Waals surface area contributed by atoms with Crippen LogP contribution < -0.4 is 0 Å². The Morgan fingerprint density at radius 1 is 1.40 bits per heavy atom. The molecule has 6 nitrogen and oxygen atoms in total. The first-order valence-corrected chi connectivity index (χ1v) is 9.65. The van der Waals surface area contributed by atoms with Crippen LogP contribution in [0.25, 0.3) is 0 Å². The number of aryl methyl sites for hydroxylation is 1. The maximum atomic E-state index is 12.2. The summed E-state index contributed by atoms with van der Waals surface area (Å²) in [5, 5.41) is 4.13. The van der Waals surface area contributed by atoms with E-state index < -0.39 is 0 Å². The molecule has 6 heteroatoms. The van der Waals surface area contributed by atoms with Crippen molar-refractivity contribution in [3.8, 4) is 0 Å². The number of hydrogen-bond donors (Lipinski definition) is 0. The summed E-state index contributed by atoms with van der Waals surface area (Å²) in [6.45, 7) is 7.70. The lowest BCUT2D eigenvalue weighted by molar-refractivity contribution is -0.136. The van der Waals surface area contributed by atoms with Crippen molar-refractivity contribution in [2.45, 2.75) is 45.6 Å². The topological polar surface area (TPSA) is 58.8 Å². The van der Waals surface area contributed by atoms with E-state index in [1.165, 1.54) is 19.3 Å². The fourth-order valence-electron chi connectivity index (χ4n) is 5.00. The molecule has 1 aromatic rings. The maximum absolute atomic E-state index is 12.2. The van der Waals surface area contributed by atoms with Gasteiger partial charge < -0.3 is 14.2 Å². The third kappa shape index (κ3) is 3.60. The molecule has 25 heavy (non-hydrogen) atoms. The molecular weight excluding hydrogens is 318 g/mol. The van der Waals surface area contributed by atoms with Crippen molar-refractivity contribution in [2.75, 3.05) is 39.4 Å². The molecule has 3 fully saturated rings. The number of fused-ring (bicyclic) bond motifs is 1. The van der Waals surface area contributed by atoms with Crippen molar-refractivity contribution in [1.29, 1.82) is 0 Å². The van der Waals surface area contributed by atoms with Crippen LogP contribution in [0.1, 0.15) is 43.6 Å². The molecule has 138 valence electrons. The summed E-state index contributed by atoms with van der Waals surface area (Å²) in [6, 6.07) is 2.02. The monoisotopic (exact) mass is 347 g/mol. The van der Waals surface area contributed by atoms with Crippen LogP contribution in [0.5, 0.6) is 0 Å². The van der Waals surface area contributed by atoms with Crippen LogP contribution in [0.3, 0.4) is 0 Å². The second-order valence-electron chi connectivity index (χ2n) is 8.13. The van der Waals surface area contributed by atoms with Crippen molar-refractivity contribution in [3.05, 3.63) is 17.5 Å². The van der Waals surface area contributed by atoms with Gasteiger partial charge in [0.2, 0.25) is 5.91 Å². The summed E-state index contributed by atoms with van der Waals surface area (Å²) in [6.07, 6.45) is 6.04. The van der Waals surface area contributed by atoms with Gasteiger partial charge in [-0.3, -0.25) is 9.69 Å². The van der Waals surface area contributed by atoms with Gasteiger partial charge in [-0.05, 0) is 38.5 Å². The molecule has 0 radical (unpaired) electrons. The molecule has 3 heterocycles. The van der Waals surface area contributed by atoms with Crippen LogP contribution in [-0.2, 0) is 16.1 Å². The summed E-state index contributed by atoms with van der Waals surface area (Å²) >= 11 is 0. The Balaban J connectivity index is 1.30. The van der Waals surface area contributed by atoms with E-state index in [4.69, 9.17) is 9.26 Å². The van der Waals surface area contributed by atoms with E-state index in [1.807, 2.05) is 17.9 Å². The van der Waals surface area contributed by atoms with Gasteiger partial charge >= 0.3 is 0 Å². The third-order valence-electron chi connectivity index (χ3n) is 6.25. The van der Waals surface area contributed by atoms with Crippen molar-refractivity contribution in [1.82, 2.24) is 15.0 Å². The second kappa shape index (κ2) is 7.08. The Bertz CT molecular complexity index is 611. The predicted molar refractivity (Wildman–Crippen MR) is 92.9 cm³/mol. The van der Waals surface area contributed by atoms with E-state index in [0.29, 0.717) is 12.5 Å². The van der Waals surface area contributed by atoms with Gasteiger partial charge in [-0.25, -0.2) is 0 Å². The molecule has 4 rings (SSSR count). The number of carbonyl (C=O) groups is 1. The first-order valence-electron chi connectivity index (χ1n) is 9.65. The zero-order chi connectivity index (χ0) is 17.3. The Morgan fingerprint density at radius 2 is 2.24 bits per heavy atom. The van der Waals surface area contributed by atoms with Gasteiger partial charge in [-0.15, -0.1) is 0 Å². The minimum Gasteiger partial charge on any atom is -0.371 e. The van der Waals surface area contributed by atoms with Crippen LogP contribution in [-0.4, -0.2) is 60.3 Å². The summed E-state index contributed by atoms with van der Waals surface area (Å²) in [4.78, 5) is 16.6. The first-order chi connectivity index (χ1) is 12.1. The highest BCUT2D eigenvalue weighted by atomic mass is 16.5. The molecule has 2 aliphatic heterocycles. The van der Waals surface area contributed by atoms with Crippen LogP contribution in [0.4, 0.5) is 0 Å². The maximum Gasteiger partial charge on any atom is 0.248 e. The number of nitrogens with zero attached hydrogens (tertiary/aromatic N) is 3. The van der Waals surface area contributed by atoms with Crippen molar-refractivity contribution >= 4 is 5.91 Å². The minimum atomic E-state index is 0.163. The van der Waals surface area contributed by atoms with E-state index >= 15 is 0 Å². The van der Waals surface area contributed by atoms with Gasteiger partial charge in [0.15, 0.2) is 0 Å². The lowest BCUT2D eigenvalue weighted by atomic mass is 9.81. The second-order valence-corrected chi connectivity index (χ2v) is 8.13. The van der Waals surface area contributed by atoms with Gasteiger partial charge in [-0.2, -0.15) is 0 Å². The first kappa shape index (κ1) is 17.0. The molecule has 1 aromatic heterocycles. The van der Waals surface area contributed by atoms with Crippen molar-refractivity contribution in [2.24, 2.45) is 11.3 Å². The highest BCUT2D eigenvalue weighted by Crippen LogP contribution is 2.49. The number of aromatic nitrogens is 1. The molecule has 0 aromatic carbocycles. The number of ether oxygens (including phenoxy) is 1. The molecule has 2 saturated heterocycles. The van der Waals surface area contributed by atoms with E-state index in [-0.39, 0.29) is 17.9 Å². The molecule has 0 bridgehead atoms. The molecule has 1 amide bonds. The zero-order valence-corrected chi connectivity index (χ0v) is 15.2. The summed E-state index contributed by atoms with van der Waals surface area (Å²) in [5.41, 5.74) is 1.24. The lowest BCUT2D eigenvalue weighted by Crippen LogP contribution is -2.36. The average molecular weight is 347 g/mol. The molecule has 1 saturated carbocycles. The largest absolute Gasteiger partial charge is 0.371 e. The molecular formula is C19H29N3O3. The Kier molecular flexibility index (Phi) is 4.82. The van der Waals surface area contributed by atoms with Crippen molar-refractivity contribution < 1.29 is 14.1 Å². The predicted octanol–water partition coefficient (Wildman–Crippen LogP) is 2.22. The van der Waals surface area contributed by atoms with Gasteiger partial charge in [0.1, 0.15) is 12.4 Å². The molecule has 2 atom stereocenters. The van der Waals surface area contributed by atoms with Crippen LogP contribution in [0.2, 0.25) is 0 Å². The molecule has 0 spiro atoms. The molecule has 0 unspecified atom stereocenters. The van der Waals surface area contributed by atoms with Crippen LogP contribution >= 0.6 is 0 Å². The van der Waals surface area contributed by atoms with E-state index in [0.717, 1.165) is 57.0 Å². The van der Waals surface area contributed by atoms with Crippen LogP contribution in [0, 0.1) is 18.3 Å².